The first-order valence-corrected chi connectivity index (χ1v) is 8.01. The molecule has 0 aromatic heterocycles. The van der Waals surface area contributed by atoms with Crippen molar-refractivity contribution in [2.75, 3.05) is 4.90 Å². The van der Waals surface area contributed by atoms with Crippen LogP contribution in [0.1, 0.15) is 13.3 Å². The molecule has 0 spiro atoms. The molecule has 2 amide bonds. The number of ether oxygens (including phenoxy) is 1. The van der Waals surface area contributed by atoms with Gasteiger partial charge in [0, 0.05) is 5.57 Å². The van der Waals surface area contributed by atoms with Crippen LogP contribution in [-0.4, -0.2) is 17.8 Å². The summed E-state index contributed by atoms with van der Waals surface area (Å²) in [4.78, 5) is 38.2. The molecule has 1 saturated carbocycles. The summed E-state index contributed by atoms with van der Waals surface area (Å²) in [5, 5.41) is 0. The normalized spacial score (nSPS) is 30.0. The molecule has 1 aliphatic heterocycles. The monoisotopic (exact) mass is 323 g/mol. The smallest absolute Gasteiger partial charge is 0.338 e. The number of anilines is 1. The molecule has 1 aromatic rings. The van der Waals surface area contributed by atoms with Gasteiger partial charge in [0.05, 0.1) is 17.5 Å². The zero-order valence-corrected chi connectivity index (χ0v) is 13.3. The summed E-state index contributed by atoms with van der Waals surface area (Å²) in [7, 11) is 0. The second kappa shape index (κ2) is 5.16. The van der Waals surface area contributed by atoms with Crippen molar-refractivity contribution in [3.05, 3.63) is 48.6 Å². The maximum atomic E-state index is 12.7. The molecule has 1 aromatic carbocycles. The number of allylic oxidation sites excluding steroid dienone is 2. The summed E-state index contributed by atoms with van der Waals surface area (Å²) in [5.41, 5.74) is 0.827. The van der Waals surface area contributed by atoms with Crippen molar-refractivity contribution >= 4 is 23.5 Å². The average molecular weight is 323 g/mol. The Morgan fingerprint density at radius 1 is 1.08 bits per heavy atom. The van der Waals surface area contributed by atoms with E-state index in [1.54, 1.807) is 31.2 Å². The molecule has 2 bridgehead atoms. The Morgan fingerprint density at radius 3 is 2.12 bits per heavy atom. The molecule has 4 atom stereocenters. The van der Waals surface area contributed by atoms with Crippen LogP contribution in [-0.2, 0) is 14.4 Å². The summed E-state index contributed by atoms with van der Waals surface area (Å²) in [6.45, 7) is 5.09. The lowest BCUT2D eigenvalue weighted by atomic mass is 9.85. The Labute approximate surface area is 139 Å². The highest BCUT2D eigenvalue weighted by Gasteiger charge is 2.59. The van der Waals surface area contributed by atoms with E-state index in [9.17, 15) is 14.4 Å². The maximum Gasteiger partial charge on any atom is 0.338 e. The van der Waals surface area contributed by atoms with Gasteiger partial charge in [-0.05, 0) is 49.4 Å². The van der Waals surface area contributed by atoms with Crippen LogP contribution in [0.3, 0.4) is 0 Å². The molecule has 5 heteroatoms. The van der Waals surface area contributed by atoms with Crippen molar-refractivity contribution in [2.45, 2.75) is 13.3 Å². The zero-order chi connectivity index (χ0) is 17.0. The fourth-order valence-electron chi connectivity index (χ4n) is 4.01. The van der Waals surface area contributed by atoms with Gasteiger partial charge in [0.15, 0.2) is 0 Å². The molecule has 122 valence electrons. The molecule has 2 aliphatic carbocycles. The first-order chi connectivity index (χ1) is 11.5. The zero-order valence-electron chi connectivity index (χ0n) is 13.3. The van der Waals surface area contributed by atoms with Gasteiger partial charge in [-0.25, -0.2) is 4.79 Å². The number of carbonyl (C=O) groups is 3. The van der Waals surface area contributed by atoms with Crippen LogP contribution < -0.4 is 9.64 Å². The molecule has 1 heterocycles. The Morgan fingerprint density at radius 2 is 1.62 bits per heavy atom. The van der Waals surface area contributed by atoms with Gasteiger partial charge in [0.25, 0.3) is 0 Å². The van der Waals surface area contributed by atoms with Crippen molar-refractivity contribution in [1.29, 1.82) is 0 Å². The maximum absolute atomic E-state index is 12.7. The van der Waals surface area contributed by atoms with Crippen LogP contribution in [0.2, 0.25) is 0 Å². The Kier molecular flexibility index (Phi) is 3.20. The van der Waals surface area contributed by atoms with E-state index in [4.69, 9.17) is 4.74 Å². The second-order valence-corrected chi connectivity index (χ2v) is 6.68. The number of nitrogens with zero attached hydrogens (tertiary/aromatic N) is 1. The molecular formula is C19H17NO4. The molecule has 2 fully saturated rings. The number of hydrogen-bond acceptors (Lipinski definition) is 4. The van der Waals surface area contributed by atoms with Crippen LogP contribution in [0.4, 0.5) is 5.69 Å². The van der Waals surface area contributed by atoms with Gasteiger partial charge in [-0.2, -0.15) is 0 Å². The highest BCUT2D eigenvalue weighted by molar-refractivity contribution is 6.22. The van der Waals surface area contributed by atoms with E-state index in [1.807, 2.05) is 0 Å². The highest BCUT2D eigenvalue weighted by Crippen LogP contribution is 2.53. The third-order valence-electron chi connectivity index (χ3n) is 5.12. The highest BCUT2D eigenvalue weighted by atomic mass is 16.5. The summed E-state index contributed by atoms with van der Waals surface area (Å²) in [6.07, 6.45) is 5.05. The molecule has 0 unspecified atom stereocenters. The fraction of sp³-hybridized carbons (Fsp3) is 0.316. The molecule has 0 N–H and O–H groups in total. The first-order valence-electron chi connectivity index (χ1n) is 8.01. The summed E-state index contributed by atoms with van der Waals surface area (Å²) >= 11 is 0. The predicted molar refractivity (Wildman–Crippen MR) is 87.1 cm³/mol. The van der Waals surface area contributed by atoms with Crippen molar-refractivity contribution in [3.8, 4) is 5.75 Å². The number of amides is 2. The third kappa shape index (κ3) is 2.04. The van der Waals surface area contributed by atoms with Crippen LogP contribution in [0.15, 0.2) is 48.6 Å². The summed E-state index contributed by atoms with van der Waals surface area (Å²) in [5.74, 6) is -0.431. The first kappa shape index (κ1) is 14.9. The Bertz CT molecular complexity index is 762. The van der Waals surface area contributed by atoms with Gasteiger partial charge in [0.2, 0.25) is 11.8 Å². The molecule has 3 aliphatic rings. The van der Waals surface area contributed by atoms with E-state index in [-0.39, 0.29) is 35.5 Å². The molecular weight excluding hydrogens is 306 g/mol. The van der Waals surface area contributed by atoms with Gasteiger partial charge < -0.3 is 4.74 Å². The molecule has 0 radical (unpaired) electrons. The fourth-order valence-corrected chi connectivity index (χ4v) is 4.01. The molecule has 4 rings (SSSR count). The number of esters is 1. The number of rotatable bonds is 3. The Balaban J connectivity index is 1.57. The van der Waals surface area contributed by atoms with E-state index >= 15 is 0 Å². The van der Waals surface area contributed by atoms with Crippen LogP contribution in [0, 0.1) is 23.7 Å². The van der Waals surface area contributed by atoms with Crippen molar-refractivity contribution in [3.63, 3.8) is 0 Å². The van der Waals surface area contributed by atoms with Gasteiger partial charge in [0.1, 0.15) is 5.75 Å². The lowest BCUT2D eigenvalue weighted by Crippen LogP contribution is -2.32. The van der Waals surface area contributed by atoms with E-state index in [2.05, 4.69) is 18.7 Å². The number of benzene rings is 1. The van der Waals surface area contributed by atoms with Crippen molar-refractivity contribution < 1.29 is 19.1 Å². The second-order valence-electron chi connectivity index (χ2n) is 6.68. The predicted octanol–water partition coefficient (Wildman–Crippen LogP) is 2.48. The molecule has 5 nitrogen and oxygen atoms in total. The minimum Gasteiger partial charge on any atom is -0.423 e. The van der Waals surface area contributed by atoms with E-state index < -0.39 is 5.97 Å². The van der Waals surface area contributed by atoms with E-state index in [1.165, 1.54) is 4.90 Å². The van der Waals surface area contributed by atoms with E-state index in [0.29, 0.717) is 17.0 Å². The SMILES string of the molecule is C=C(C)C(=O)Oc1ccc(N2C(=O)[C@@H]3[C@@H](C2=O)[C@H]2C=C[C@H]3C2)cc1. The van der Waals surface area contributed by atoms with Gasteiger partial charge in [-0.15, -0.1) is 0 Å². The minimum absolute atomic E-state index is 0.117. The van der Waals surface area contributed by atoms with Gasteiger partial charge in [-0.3, -0.25) is 14.5 Å². The topological polar surface area (TPSA) is 63.7 Å². The number of hydrogen-bond donors (Lipinski definition) is 0. The van der Waals surface area contributed by atoms with Crippen molar-refractivity contribution in [1.82, 2.24) is 0 Å². The van der Waals surface area contributed by atoms with Crippen LogP contribution in [0.25, 0.3) is 0 Å². The number of fused-ring (bicyclic) bond motifs is 5. The molecule has 24 heavy (non-hydrogen) atoms. The van der Waals surface area contributed by atoms with Gasteiger partial charge in [-0.1, -0.05) is 18.7 Å². The van der Waals surface area contributed by atoms with Crippen molar-refractivity contribution in [2.24, 2.45) is 23.7 Å². The quantitative estimate of drug-likeness (QED) is 0.282. The average Bonchev–Trinajstić information content (AvgIpc) is 3.22. The lowest BCUT2D eigenvalue weighted by molar-refractivity contribution is -0.130. The van der Waals surface area contributed by atoms with Crippen LogP contribution in [0.5, 0.6) is 5.75 Å². The third-order valence-corrected chi connectivity index (χ3v) is 5.12. The summed E-state index contributed by atoms with van der Waals surface area (Å²) in [6, 6.07) is 6.43. The molecule has 1 saturated heterocycles. The van der Waals surface area contributed by atoms with Gasteiger partial charge >= 0.3 is 5.97 Å². The van der Waals surface area contributed by atoms with Crippen LogP contribution >= 0.6 is 0 Å². The largest absolute Gasteiger partial charge is 0.423 e. The minimum atomic E-state index is -0.506. The lowest BCUT2D eigenvalue weighted by Gasteiger charge is -2.17. The number of imide groups is 1. The summed E-state index contributed by atoms with van der Waals surface area (Å²) < 4.78 is 5.13. The Hall–Kier alpha value is -2.69. The van der Waals surface area contributed by atoms with E-state index in [0.717, 1.165) is 6.42 Å². The number of carbonyl (C=O) groups excluding carboxylic acids is 3. The standard InChI is InChI=1S/C19H17NO4/c1-10(2)19(23)24-14-7-5-13(6-8-14)20-17(21)15-11-3-4-12(9-11)16(15)18(20)22/h3-8,11-12,15-16H,1,9H2,2H3/t11-,12-,15-,16-/m0/s1.